The van der Waals surface area contributed by atoms with Gasteiger partial charge in [0, 0.05) is 13.1 Å². The molecule has 1 fully saturated rings. The van der Waals surface area contributed by atoms with Gasteiger partial charge in [-0.05, 0) is 74.1 Å². The third-order valence-corrected chi connectivity index (χ3v) is 7.35. The summed E-state index contributed by atoms with van der Waals surface area (Å²) in [6, 6.07) is 22.1. The second kappa shape index (κ2) is 11.5. The zero-order chi connectivity index (χ0) is 24.7. The van der Waals surface area contributed by atoms with Gasteiger partial charge >= 0.3 is 0 Å². The Morgan fingerprint density at radius 2 is 1.81 bits per heavy atom. The number of likely N-dealkylation sites (tertiary alicyclic amines) is 1. The lowest BCUT2D eigenvalue weighted by molar-refractivity contribution is -0.129. The highest BCUT2D eigenvalue weighted by Crippen LogP contribution is 2.30. The van der Waals surface area contributed by atoms with Crippen LogP contribution in [-0.2, 0) is 11.2 Å². The minimum Gasteiger partial charge on any atom is -0.494 e. The van der Waals surface area contributed by atoms with Crippen molar-refractivity contribution in [1.82, 2.24) is 19.7 Å². The molecule has 0 unspecified atom stereocenters. The van der Waals surface area contributed by atoms with Crippen LogP contribution < -0.4 is 4.74 Å². The molecular weight excluding hydrogens is 472 g/mol. The van der Waals surface area contributed by atoms with Gasteiger partial charge in [-0.25, -0.2) is 0 Å². The molecule has 5 rings (SSSR count). The van der Waals surface area contributed by atoms with Crippen LogP contribution in [-0.4, -0.2) is 51.0 Å². The summed E-state index contributed by atoms with van der Waals surface area (Å²) in [6.45, 7) is 4.18. The first-order chi connectivity index (χ1) is 17.7. The van der Waals surface area contributed by atoms with Gasteiger partial charge in [0.2, 0.25) is 11.7 Å². The molecule has 1 aliphatic rings. The minimum absolute atomic E-state index is 0.138. The van der Waals surface area contributed by atoms with E-state index in [4.69, 9.17) is 9.15 Å². The smallest absolute Gasteiger partial charge is 0.233 e. The van der Waals surface area contributed by atoms with Gasteiger partial charge in [-0.3, -0.25) is 9.36 Å². The molecule has 0 atom stereocenters. The Hall–Kier alpha value is -3.52. The molecule has 1 saturated heterocycles. The van der Waals surface area contributed by atoms with Crippen LogP contribution in [0.25, 0.3) is 17.3 Å². The Morgan fingerprint density at radius 3 is 2.50 bits per heavy atom. The fraction of sp³-hybridized carbons (Fsp3) is 0.321. The van der Waals surface area contributed by atoms with E-state index in [0.717, 1.165) is 43.8 Å². The third-order valence-electron chi connectivity index (χ3n) is 6.44. The van der Waals surface area contributed by atoms with E-state index in [9.17, 15) is 4.79 Å². The Balaban J connectivity index is 1.24. The van der Waals surface area contributed by atoms with Crippen LogP contribution in [0.5, 0.6) is 5.75 Å². The van der Waals surface area contributed by atoms with Crippen LogP contribution >= 0.6 is 11.8 Å². The van der Waals surface area contributed by atoms with E-state index < -0.39 is 0 Å². The van der Waals surface area contributed by atoms with Crippen LogP contribution in [0.15, 0.2) is 82.6 Å². The monoisotopic (exact) mass is 502 g/mol. The second-order valence-corrected chi connectivity index (χ2v) is 9.79. The number of aromatic nitrogens is 3. The number of ether oxygens (including phenoxy) is 1. The van der Waals surface area contributed by atoms with Gasteiger partial charge in [-0.1, -0.05) is 42.1 Å². The summed E-state index contributed by atoms with van der Waals surface area (Å²) in [5.41, 5.74) is 2.25. The highest BCUT2D eigenvalue weighted by atomic mass is 32.2. The normalized spacial score (nSPS) is 14.2. The maximum absolute atomic E-state index is 13.0. The van der Waals surface area contributed by atoms with Crippen molar-refractivity contribution in [2.24, 2.45) is 5.92 Å². The zero-order valence-corrected chi connectivity index (χ0v) is 21.2. The molecule has 4 aromatic rings. The summed E-state index contributed by atoms with van der Waals surface area (Å²) in [5, 5.41) is 9.42. The van der Waals surface area contributed by atoms with Crippen molar-refractivity contribution in [3.05, 3.63) is 78.6 Å². The molecule has 8 heteroatoms. The molecule has 2 aromatic heterocycles. The van der Waals surface area contributed by atoms with Crippen molar-refractivity contribution in [2.45, 2.75) is 31.3 Å². The first-order valence-corrected chi connectivity index (χ1v) is 13.4. The number of furan rings is 1. The molecule has 1 amide bonds. The number of thioether (sulfide) groups is 1. The standard InChI is InChI=1S/C28H30N4O3S/c1-2-34-24-12-10-23(11-13-24)32-27(25-9-6-18-35-25)29-30-28(32)36-20-26(33)31-16-14-22(15-17-31)19-21-7-4-3-5-8-21/h3-13,18,22H,2,14-17,19-20H2,1H3. The van der Waals surface area contributed by atoms with E-state index in [-0.39, 0.29) is 5.91 Å². The number of rotatable bonds is 9. The molecule has 186 valence electrons. The molecule has 2 aromatic carbocycles. The Morgan fingerprint density at radius 1 is 1.03 bits per heavy atom. The van der Waals surface area contributed by atoms with Crippen molar-refractivity contribution in [3.63, 3.8) is 0 Å². The van der Waals surface area contributed by atoms with Gasteiger partial charge < -0.3 is 14.1 Å². The number of nitrogens with zero attached hydrogens (tertiary/aromatic N) is 4. The predicted octanol–water partition coefficient (Wildman–Crippen LogP) is 5.50. The molecule has 0 radical (unpaired) electrons. The second-order valence-electron chi connectivity index (χ2n) is 8.85. The van der Waals surface area contributed by atoms with Crippen LogP contribution in [0.2, 0.25) is 0 Å². The van der Waals surface area contributed by atoms with Gasteiger partial charge in [-0.2, -0.15) is 0 Å². The minimum atomic E-state index is 0.138. The SMILES string of the molecule is CCOc1ccc(-n2c(SCC(=O)N3CCC(Cc4ccccc4)CC3)nnc2-c2ccco2)cc1. The van der Waals surface area contributed by atoms with Crippen molar-refractivity contribution >= 4 is 17.7 Å². The summed E-state index contributed by atoms with van der Waals surface area (Å²) in [7, 11) is 0. The Kier molecular flexibility index (Phi) is 7.71. The van der Waals surface area contributed by atoms with Crippen LogP contribution in [0.1, 0.15) is 25.3 Å². The summed E-state index contributed by atoms with van der Waals surface area (Å²) >= 11 is 1.40. The number of hydrogen-bond acceptors (Lipinski definition) is 6. The highest BCUT2D eigenvalue weighted by Gasteiger charge is 2.24. The molecule has 0 aliphatic carbocycles. The van der Waals surface area contributed by atoms with Crippen molar-refractivity contribution < 1.29 is 13.9 Å². The first-order valence-electron chi connectivity index (χ1n) is 12.4. The molecule has 0 N–H and O–H groups in total. The molecule has 0 bridgehead atoms. The molecule has 36 heavy (non-hydrogen) atoms. The average molecular weight is 503 g/mol. The van der Waals surface area contributed by atoms with Crippen molar-refractivity contribution in [1.29, 1.82) is 0 Å². The molecule has 3 heterocycles. The van der Waals surface area contributed by atoms with Gasteiger partial charge in [0.1, 0.15) is 5.75 Å². The first kappa shape index (κ1) is 24.2. The molecule has 0 saturated carbocycles. The molecule has 7 nitrogen and oxygen atoms in total. The van der Waals surface area contributed by atoms with E-state index in [0.29, 0.717) is 35.0 Å². The maximum atomic E-state index is 13.0. The topological polar surface area (TPSA) is 73.4 Å². The molecule has 1 aliphatic heterocycles. The van der Waals surface area contributed by atoms with E-state index in [1.54, 1.807) is 6.26 Å². The molecular formula is C28H30N4O3S. The number of amides is 1. The van der Waals surface area contributed by atoms with Crippen LogP contribution in [0.3, 0.4) is 0 Å². The third kappa shape index (κ3) is 5.65. The van der Waals surface area contributed by atoms with Crippen molar-refractivity contribution in [2.75, 3.05) is 25.4 Å². The number of carbonyl (C=O) groups is 1. The van der Waals surface area contributed by atoms with Crippen LogP contribution in [0.4, 0.5) is 0 Å². The van der Waals surface area contributed by atoms with Gasteiger partial charge in [0.25, 0.3) is 0 Å². The average Bonchev–Trinajstić information content (AvgIpc) is 3.59. The number of benzene rings is 2. The van der Waals surface area contributed by atoms with E-state index in [2.05, 4.69) is 40.5 Å². The van der Waals surface area contributed by atoms with Gasteiger partial charge in [0.15, 0.2) is 10.9 Å². The van der Waals surface area contributed by atoms with E-state index in [1.165, 1.54) is 17.3 Å². The molecule has 0 spiro atoms. The number of carbonyl (C=O) groups excluding carboxylic acids is 1. The largest absolute Gasteiger partial charge is 0.494 e. The fourth-order valence-electron chi connectivity index (χ4n) is 4.57. The van der Waals surface area contributed by atoms with E-state index in [1.807, 2.05) is 52.8 Å². The lowest BCUT2D eigenvalue weighted by atomic mass is 9.90. The van der Waals surface area contributed by atoms with E-state index >= 15 is 0 Å². The fourth-order valence-corrected chi connectivity index (χ4v) is 5.43. The number of hydrogen-bond donors (Lipinski definition) is 0. The van der Waals surface area contributed by atoms with Gasteiger partial charge in [0.05, 0.1) is 24.3 Å². The Bertz CT molecular complexity index is 1250. The summed E-state index contributed by atoms with van der Waals surface area (Å²) in [6.07, 6.45) is 4.77. The summed E-state index contributed by atoms with van der Waals surface area (Å²) in [5.74, 6) is 3.10. The van der Waals surface area contributed by atoms with Gasteiger partial charge in [-0.15, -0.1) is 10.2 Å². The van der Waals surface area contributed by atoms with Crippen LogP contribution in [0, 0.1) is 5.92 Å². The number of piperidine rings is 1. The summed E-state index contributed by atoms with van der Waals surface area (Å²) < 4.78 is 13.1. The lowest BCUT2D eigenvalue weighted by Gasteiger charge is -2.32. The predicted molar refractivity (Wildman–Crippen MR) is 140 cm³/mol. The summed E-state index contributed by atoms with van der Waals surface area (Å²) in [4.78, 5) is 15.0. The lowest BCUT2D eigenvalue weighted by Crippen LogP contribution is -2.39. The zero-order valence-electron chi connectivity index (χ0n) is 20.4. The highest BCUT2D eigenvalue weighted by molar-refractivity contribution is 7.99. The van der Waals surface area contributed by atoms with Crippen molar-refractivity contribution in [3.8, 4) is 23.0 Å². The Labute approximate surface area is 215 Å². The quantitative estimate of drug-likeness (QED) is 0.282. The maximum Gasteiger partial charge on any atom is 0.233 e.